The highest BCUT2D eigenvalue weighted by Gasteiger charge is 2.20. The molecule has 0 aromatic heterocycles. The van der Waals surface area contributed by atoms with Gasteiger partial charge in [-0.05, 0) is 11.5 Å². The Hall–Kier alpha value is -2.42. The Balaban J connectivity index is 2.27. The minimum atomic E-state index is -0.463. The predicted octanol–water partition coefficient (Wildman–Crippen LogP) is 4.12. The quantitative estimate of drug-likeness (QED) is 0.629. The van der Waals surface area contributed by atoms with Crippen LogP contribution in [-0.2, 0) is 4.74 Å². The first-order valence-electron chi connectivity index (χ1n) is 7.24. The molecule has 2 aromatic rings. The van der Waals surface area contributed by atoms with Crippen LogP contribution in [0.25, 0.3) is 0 Å². The second-order valence-electron chi connectivity index (χ2n) is 6.38. The highest BCUT2D eigenvalue weighted by atomic mass is 16.5. The fraction of sp³-hybridized carbons (Fsp3) is 0.263. The molecule has 0 fully saturated rings. The van der Waals surface area contributed by atoms with Gasteiger partial charge in [0.1, 0.15) is 0 Å². The first-order valence-corrected chi connectivity index (χ1v) is 7.24. The Labute approximate surface area is 130 Å². The van der Waals surface area contributed by atoms with E-state index in [1.807, 2.05) is 26.8 Å². The second-order valence-corrected chi connectivity index (χ2v) is 6.38. The lowest BCUT2D eigenvalue weighted by Crippen LogP contribution is -2.20. The van der Waals surface area contributed by atoms with Crippen LogP contribution in [0.3, 0.4) is 0 Å². The van der Waals surface area contributed by atoms with Crippen molar-refractivity contribution in [2.45, 2.75) is 20.8 Å². The van der Waals surface area contributed by atoms with E-state index in [1.165, 1.54) is 0 Å². The van der Waals surface area contributed by atoms with Crippen molar-refractivity contribution in [3.63, 3.8) is 0 Å². The standard InChI is InChI=1S/C19H20O3/c1-19(2,3)13-22-18(21)16-12-8-7-11-15(16)17(20)14-9-5-4-6-10-14/h4-12H,13H2,1-3H3. The maximum absolute atomic E-state index is 12.6. The summed E-state index contributed by atoms with van der Waals surface area (Å²) in [6.45, 7) is 6.27. The Kier molecular flexibility index (Phi) is 4.76. The molecule has 2 rings (SSSR count). The van der Waals surface area contributed by atoms with Crippen LogP contribution in [0, 0.1) is 5.41 Å². The zero-order valence-electron chi connectivity index (χ0n) is 13.1. The maximum Gasteiger partial charge on any atom is 0.338 e. The lowest BCUT2D eigenvalue weighted by Gasteiger charge is -2.18. The van der Waals surface area contributed by atoms with Crippen molar-refractivity contribution in [3.05, 3.63) is 71.3 Å². The molecule has 0 bridgehead atoms. The van der Waals surface area contributed by atoms with Crippen LogP contribution >= 0.6 is 0 Å². The third-order valence-electron chi connectivity index (χ3n) is 3.06. The van der Waals surface area contributed by atoms with E-state index >= 15 is 0 Å². The topological polar surface area (TPSA) is 43.4 Å². The van der Waals surface area contributed by atoms with Gasteiger partial charge < -0.3 is 4.74 Å². The second kappa shape index (κ2) is 6.56. The van der Waals surface area contributed by atoms with E-state index in [2.05, 4.69) is 0 Å². The summed E-state index contributed by atoms with van der Waals surface area (Å²) in [5.41, 5.74) is 1.11. The van der Waals surface area contributed by atoms with Gasteiger partial charge in [0.2, 0.25) is 0 Å². The first-order chi connectivity index (χ1) is 10.4. The summed E-state index contributed by atoms with van der Waals surface area (Å²) < 4.78 is 5.33. The molecule has 2 aromatic carbocycles. The lowest BCUT2D eigenvalue weighted by atomic mass is 9.97. The number of benzene rings is 2. The van der Waals surface area contributed by atoms with Crippen LogP contribution in [0.1, 0.15) is 47.1 Å². The number of carbonyl (C=O) groups is 2. The van der Waals surface area contributed by atoms with E-state index in [9.17, 15) is 9.59 Å². The van der Waals surface area contributed by atoms with Crippen LogP contribution in [0.4, 0.5) is 0 Å². The fourth-order valence-electron chi connectivity index (χ4n) is 1.96. The summed E-state index contributed by atoms with van der Waals surface area (Å²) in [5.74, 6) is -0.640. The molecule has 3 nitrogen and oxygen atoms in total. The van der Waals surface area contributed by atoms with Crippen molar-refractivity contribution < 1.29 is 14.3 Å². The number of hydrogen-bond acceptors (Lipinski definition) is 3. The van der Waals surface area contributed by atoms with Gasteiger partial charge in [-0.25, -0.2) is 4.79 Å². The molecule has 0 spiro atoms. The monoisotopic (exact) mass is 296 g/mol. The predicted molar refractivity (Wildman–Crippen MR) is 86.1 cm³/mol. The maximum atomic E-state index is 12.6. The van der Waals surface area contributed by atoms with Crippen LogP contribution in [0.5, 0.6) is 0 Å². The van der Waals surface area contributed by atoms with Gasteiger partial charge in [-0.2, -0.15) is 0 Å². The number of hydrogen-bond donors (Lipinski definition) is 0. The summed E-state index contributed by atoms with van der Waals surface area (Å²) in [4.78, 5) is 24.8. The molecule has 0 aliphatic heterocycles. The normalized spacial score (nSPS) is 11.0. The van der Waals surface area contributed by atoms with Crippen molar-refractivity contribution in [1.82, 2.24) is 0 Å². The van der Waals surface area contributed by atoms with Crippen molar-refractivity contribution in [2.75, 3.05) is 6.61 Å². The molecule has 0 saturated heterocycles. The fourth-order valence-corrected chi connectivity index (χ4v) is 1.96. The van der Waals surface area contributed by atoms with E-state index < -0.39 is 5.97 Å². The zero-order valence-corrected chi connectivity index (χ0v) is 13.1. The Morgan fingerprint density at radius 3 is 2.00 bits per heavy atom. The van der Waals surface area contributed by atoms with Crippen molar-refractivity contribution >= 4 is 11.8 Å². The molecule has 0 amide bonds. The third kappa shape index (κ3) is 4.04. The summed E-state index contributed by atoms with van der Waals surface area (Å²) in [7, 11) is 0. The summed E-state index contributed by atoms with van der Waals surface area (Å²) in [5, 5.41) is 0. The molecule has 0 aliphatic carbocycles. The van der Waals surface area contributed by atoms with Gasteiger partial charge in [0.25, 0.3) is 0 Å². The van der Waals surface area contributed by atoms with Crippen molar-refractivity contribution in [2.24, 2.45) is 5.41 Å². The Morgan fingerprint density at radius 2 is 1.41 bits per heavy atom. The van der Waals surface area contributed by atoms with E-state index in [-0.39, 0.29) is 11.2 Å². The minimum Gasteiger partial charge on any atom is -0.462 e. The molecule has 0 radical (unpaired) electrons. The van der Waals surface area contributed by atoms with E-state index in [4.69, 9.17) is 4.74 Å². The number of carbonyl (C=O) groups excluding carboxylic acids is 2. The molecular formula is C19H20O3. The number of esters is 1. The van der Waals surface area contributed by atoms with Crippen LogP contribution in [0.2, 0.25) is 0 Å². The largest absolute Gasteiger partial charge is 0.462 e. The van der Waals surface area contributed by atoms with Crippen molar-refractivity contribution in [1.29, 1.82) is 0 Å². The summed E-state index contributed by atoms with van der Waals surface area (Å²) in [6, 6.07) is 15.7. The molecule has 22 heavy (non-hydrogen) atoms. The van der Waals surface area contributed by atoms with Crippen LogP contribution < -0.4 is 0 Å². The smallest absolute Gasteiger partial charge is 0.338 e. The highest BCUT2D eigenvalue weighted by Crippen LogP contribution is 2.18. The molecule has 0 N–H and O–H groups in total. The lowest BCUT2D eigenvalue weighted by molar-refractivity contribution is 0.0365. The molecule has 0 unspecified atom stereocenters. The van der Waals surface area contributed by atoms with Gasteiger partial charge in [0.05, 0.1) is 12.2 Å². The van der Waals surface area contributed by atoms with Gasteiger partial charge >= 0.3 is 5.97 Å². The average molecular weight is 296 g/mol. The highest BCUT2D eigenvalue weighted by molar-refractivity contribution is 6.14. The van der Waals surface area contributed by atoms with Crippen LogP contribution in [-0.4, -0.2) is 18.4 Å². The Morgan fingerprint density at radius 1 is 0.864 bits per heavy atom. The number of ketones is 1. The minimum absolute atomic E-state index is 0.117. The third-order valence-corrected chi connectivity index (χ3v) is 3.06. The van der Waals surface area contributed by atoms with E-state index in [1.54, 1.807) is 48.5 Å². The SMILES string of the molecule is CC(C)(C)COC(=O)c1ccccc1C(=O)c1ccccc1. The van der Waals surface area contributed by atoms with E-state index in [0.717, 1.165) is 0 Å². The van der Waals surface area contributed by atoms with Gasteiger partial charge in [-0.3, -0.25) is 4.79 Å². The zero-order chi connectivity index (χ0) is 16.2. The summed E-state index contributed by atoms with van der Waals surface area (Å²) >= 11 is 0. The van der Waals surface area contributed by atoms with Gasteiger partial charge in [-0.15, -0.1) is 0 Å². The molecule has 0 saturated carbocycles. The molecule has 114 valence electrons. The molecular weight excluding hydrogens is 276 g/mol. The number of ether oxygens (including phenoxy) is 1. The van der Waals surface area contributed by atoms with Crippen molar-refractivity contribution in [3.8, 4) is 0 Å². The molecule has 0 aliphatic rings. The summed E-state index contributed by atoms with van der Waals surface area (Å²) in [6.07, 6.45) is 0. The van der Waals surface area contributed by atoms with Gasteiger partial charge in [0.15, 0.2) is 5.78 Å². The Bertz CT molecular complexity index is 667. The first kappa shape index (κ1) is 16.0. The number of rotatable bonds is 4. The molecule has 3 heteroatoms. The van der Waals surface area contributed by atoms with E-state index in [0.29, 0.717) is 23.3 Å². The molecule has 0 heterocycles. The van der Waals surface area contributed by atoms with Gasteiger partial charge in [-0.1, -0.05) is 69.3 Å². The average Bonchev–Trinajstić information content (AvgIpc) is 2.52. The molecule has 0 atom stereocenters. The van der Waals surface area contributed by atoms with Gasteiger partial charge in [0, 0.05) is 11.1 Å². The van der Waals surface area contributed by atoms with Crippen LogP contribution in [0.15, 0.2) is 54.6 Å².